The molecule has 0 bridgehead atoms. The minimum absolute atomic E-state index is 0.474. The van der Waals surface area contributed by atoms with Gasteiger partial charge in [0, 0.05) is 6.04 Å². The summed E-state index contributed by atoms with van der Waals surface area (Å²) in [7, 11) is 1.97. The third kappa shape index (κ3) is 4.99. The molecule has 2 nitrogen and oxygen atoms in total. The van der Waals surface area contributed by atoms with Crippen molar-refractivity contribution in [1.82, 2.24) is 5.32 Å². The molecule has 0 fully saturated rings. The highest BCUT2D eigenvalue weighted by Crippen LogP contribution is 2.06. The highest BCUT2D eigenvalue weighted by atomic mass is 14.9. The SMILES string of the molecule is C=C(C)[C@@H](CCCCN)NC. The van der Waals surface area contributed by atoms with Crippen LogP contribution in [0.5, 0.6) is 0 Å². The molecule has 11 heavy (non-hydrogen) atoms. The molecule has 0 aliphatic carbocycles. The minimum Gasteiger partial charge on any atom is -0.330 e. The highest BCUT2D eigenvalue weighted by Gasteiger charge is 2.04. The van der Waals surface area contributed by atoms with E-state index >= 15 is 0 Å². The third-order valence-electron chi connectivity index (χ3n) is 1.89. The zero-order valence-electron chi connectivity index (χ0n) is 7.69. The summed E-state index contributed by atoms with van der Waals surface area (Å²) >= 11 is 0. The van der Waals surface area contributed by atoms with Crippen molar-refractivity contribution in [2.75, 3.05) is 13.6 Å². The number of likely N-dealkylation sites (N-methyl/N-ethyl adjacent to an activating group) is 1. The smallest absolute Gasteiger partial charge is 0.0271 e. The molecule has 0 aliphatic heterocycles. The van der Waals surface area contributed by atoms with Crippen LogP contribution in [0, 0.1) is 0 Å². The van der Waals surface area contributed by atoms with Gasteiger partial charge in [-0.15, -0.1) is 0 Å². The second-order valence-electron chi connectivity index (χ2n) is 2.97. The van der Waals surface area contributed by atoms with Gasteiger partial charge in [0.05, 0.1) is 0 Å². The largest absolute Gasteiger partial charge is 0.330 e. The van der Waals surface area contributed by atoms with Gasteiger partial charge in [0.2, 0.25) is 0 Å². The first kappa shape index (κ1) is 10.7. The quantitative estimate of drug-likeness (QED) is 0.449. The van der Waals surface area contributed by atoms with Crippen molar-refractivity contribution >= 4 is 0 Å². The number of hydrogen-bond donors (Lipinski definition) is 2. The normalized spacial score (nSPS) is 13.0. The Labute approximate surface area is 69.9 Å². The van der Waals surface area contributed by atoms with Crippen LogP contribution >= 0.6 is 0 Å². The fourth-order valence-electron chi connectivity index (χ4n) is 1.13. The van der Waals surface area contributed by atoms with Gasteiger partial charge >= 0.3 is 0 Å². The Balaban J connectivity index is 3.44. The summed E-state index contributed by atoms with van der Waals surface area (Å²) in [5.41, 5.74) is 6.60. The van der Waals surface area contributed by atoms with E-state index in [1.807, 2.05) is 7.05 Å². The minimum atomic E-state index is 0.474. The summed E-state index contributed by atoms with van der Waals surface area (Å²) < 4.78 is 0. The van der Waals surface area contributed by atoms with Crippen molar-refractivity contribution in [3.63, 3.8) is 0 Å². The fourth-order valence-corrected chi connectivity index (χ4v) is 1.13. The monoisotopic (exact) mass is 156 g/mol. The summed E-state index contributed by atoms with van der Waals surface area (Å²) in [5.74, 6) is 0. The molecule has 0 aromatic rings. The summed E-state index contributed by atoms with van der Waals surface area (Å²) in [6.45, 7) is 6.77. The van der Waals surface area contributed by atoms with Crippen molar-refractivity contribution in [2.24, 2.45) is 5.73 Å². The third-order valence-corrected chi connectivity index (χ3v) is 1.89. The van der Waals surface area contributed by atoms with E-state index in [4.69, 9.17) is 5.73 Å². The van der Waals surface area contributed by atoms with Gasteiger partial charge in [0.1, 0.15) is 0 Å². The van der Waals surface area contributed by atoms with Gasteiger partial charge in [-0.1, -0.05) is 18.6 Å². The number of nitrogens with one attached hydrogen (secondary N) is 1. The van der Waals surface area contributed by atoms with Crippen LogP contribution in [0.3, 0.4) is 0 Å². The molecule has 0 unspecified atom stereocenters. The zero-order valence-corrected chi connectivity index (χ0v) is 7.69. The molecule has 2 heteroatoms. The Hall–Kier alpha value is -0.340. The number of nitrogens with two attached hydrogens (primary N) is 1. The molecule has 0 saturated heterocycles. The van der Waals surface area contributed by atoms with Crippen LogP contribution in [0.15, 0.2) is 12.2 Å². The van der Waals surface area contributed by atoms with E-state index in [0.717, 1.165) is 19.4 Å². The Morgan fingerprint density at radius 1 is 1.55 bits per heavy atom. The van der Waals surface area contributed by atoms with Crippen LogP contribution in [-0.4, -0.2) is 19.6 Å². The van der Waals surface area contributed by atoms with E-state index in [2.05, 4.69) is 18.8 Å². The van der Waals surface area contributed by atoms with Gasteiger partial charge in [-0.25, -0.2) is 0 Å². The second-order valence-corrected chi connectivity index (χ2v) is 2.97. The van der Waals surface area contributed by atoms with Crippen LogP contribution < -0.4 is 11.1 Å². The number of hydrogen-bond acceptors (Lipinski definition) is 2. The lowest BCUT2D eigenvalue weighted by molar-refractivity contribution is 0.550. The maximum atomic E-state index is 5.39. The Morgan fingerprint density at radius 3 is 2.55 bits per heavy atom. The van der Waals surface area contributed by atoms with E-state index in [9.17, 15) is 0 Å². The molecule has 0 amide bonds. The molecule has 0 radical (unpaired) electrons. The van der Waals surface area contributed by atoms with Crippen molar-refractivity contribution < 1.29 is 0 Å². The maximum Gasteiger partial charge on any atom is 0.0271 e. The van der Waals surface area contributed by atoms with Crippen LogP contribution in [0.25, 0.3) is 0 Å². The van der Waals surface area contributed by atoms with Gasteiger partial charge in [-0.3, -0.25) is 0 Å². The predicted molar refractivity (Wildman–Crippen MR) is 50.6 cm³/mol. The van der Waals surface area contributed by atoms with E-state index in [-0.39, 0.29) is 0 Å². The van der Waals surface area contributed by atoms with Gasteiger partial charge in [-0.05, 0) is 33.4 Å². The Morgan fingerprint density at radius 2 is 2.18 bits per heavy atom. The van der Waals surface area contributed by atoms with E-state index in [1.54, 1.807) is 0 Å². The molecule has 0 saturated carbocycles. The van der Waals surface area contributed by atoms with Gasteiger partial charge in [-0.2, -0.15) is 0 Å². The first-order valence-electron chi connectivity index (χ1n) is 4.25. The summed E-state index contributed by atoms with van der Waals surface area (Å²) in [5, 5.41) is 3.22. The van der Waals surface area contributed by atoms with Crippen LogP contribution in [-0.2, 0) is 0 Å². The molecule has 1 atom stereocenters. The summed E-state index contributed by atoms with van der Waals surface area (Å²) in [6.07, 6.45) is 3.46. The lowest BCUT2D eigenvalue weighted by Gasteiger charge is -2.15. The Kier molecular flexibility index (Phi) is 6.18. The zero-order chi connectivity index (χ0) is 8.69. The molecule has 0 aliphatic rings. The lowest BCUT2D eigenvalue weighted by atomic mass is 10.0. The van der Waals surface area contributed by atoms with Crippen molar-refractivity contribution in [1.29, 1.82) is 0 Å². The Bertz CT molecular complexity index is 110. The molecule has 0 rings (SSSR count). The van der Waals surface area contributed by atoms with Crippen LogP contribution in [0.2, 0.25) is 0 Å². The molecule has 0 aromatic heterocycles. The van der Waals surface area contributed by atoms with Crippen LogP contribution in [0.4, 0.5) is 0 Å². The van der Waals surface area contributed by atoms with Crippen LogP contribution in [0.1, 0.15) is 26.2 Å². The molecule has 3 N–H and O–H groups in total. The molecule has 0 spiro atoms. The number of rotatable bonds is 6. The molecular formula is C9H20N2. The first-order chi connectivity index (χ1) is 5.22. The van der Waals surface area contributed by atoms with Crippen molar-refractivity contribution in [3.05, 3.63) is 12.2 Å². The molecule has 66 valence electrons. The molecule has 0 heterocycles. The average molecular weight is 156 g/mol. The maximum absolute atomic E-state index is 5.39. The summed E-state index contributed by atoms with van der Waals surface area (Å²) in [6, 6.07) is 0.474. The highest BCUT2D eigenvalue weighted by molar-refractivity contribution is 5.00. The van der Waals surface area contributed by atoms with Gasteiger partial charge < -0.3 is 11.1 Å². The first-order valence-corrected chi connectivity index (χ1v) is 4.25. The van der Waals surface area contributed by atoms with E-state index in [1.165, 1.54) is 12.0 Å². The second kappa shape index (κ2) is 6.38. The topological polar surface area (TPSA) is 38.0 Å². The lowest BCUT2D eigenvalue weighted by Crippen LogP contribution is -2.25. The van der Waals surface area contributed by atoms with Crippen molar-refractivity contribution in [2.45, 2.75) is 32.2 Å². The molecular weight excluding hydrogens is 136 g/mol. The standard InChI is InChI=1S/C9H20N2/c1-8(2)9(11-3)6-4-5-7-10/h9,11H,1,4-7,10H2,2-3H3/t9-/m1/s1. The van der Waals surface area contributed by atoms with E-state index < -0.39 is 0 Å². The van der Waals surface area contributed by atoms with Crippen molar-refractivity contribution in [3.8, 4) is 0 Å². The van der Waals surface area contributed by atoms with Gasteiger partial charge in [0.15, 0.2) is 0 Å². The van der Waals surface area contributed by atoms with Gasteiger partial charge in [0.25, 0.3) is 0 Å². The summed E-state index contributed by atoms with van der Waals surface area (Å²) in [4.78, 5) is 0. The van der Waals surface area contributed by atoms with E-state index in [0.29, 0.717) is 6.04 Å². The number of unbranched alkanes of at least 4 members (excludes halogenated alkanes) is 1. The predicted octanol–water partition coefficient (Wildman–Crippen LogP) is 1.28. The fraction of sp³-hybridized carbons (Fsp3) is 0.778. The molecule has 0 aromatic carbocycles. The average Bonchev–Trinajstić information content (AvgIpc) is 1.97.